The van der Waals surface area contributed by atoms with E-state index < -0.39 is 12.1 Å². The third kappa shape index (κ3) is 1.49. The van der Waals surface area contributed by atoms with E-state index in [1.54, 1.807) is 29.5 Å². The molecule has 72 valence electrons. The van der Waals surface area contributed by atoms with Crippen LogP contribution in [-0.2, 0) is 4.79 Å². The third-order valence-electron chi connectivity index (χ3n) is 2.02. The number of hydrogen-bond donors (Lipinski definition) is 1. The average Bonchev–Trinajstić information content (AvgIpc) is 2.62. The molecule has 0 saturated carbocycles. The molecular formula is C10H7O3S-. The van der Waals surface area contributed by atoms with E-state index in [1.807, 2.05) is 11.4 Å². The van der Waals surface area contributed by atoms with E-state index in [1.165, 1.54) is 0 Å². The van der Waals surface area contributed by atoms with Crippen LogP contribution in [-0.4, -0.2) is 11.1 Å². The summed E-state index contributed by atoms with van der Waals surface area (Å²) < 4.78 is 1.07. The summed E-state index contributed by atoms with van der Waals surface area (Å²) in [5, 5.41) is 22.5. The summed E-state index contributed by atoms with van der Waals surface area (Å²) >= 11 is 1.57. The lowest BCUT2D eigenvalue weighted by atomic mass is 10.1. The summed E-state index contributed by atoms with van der Waals surface area (Å²) in [5.74, 6) is -1.47. The second kappa shape index (κ2) is 3.40. The maximum absolute atomic E-state index is 10.4. The molecule has 0 fully saturated rings. The smallest absolute Gasteiger partial charge is 0.118 e. The van der Waals surface area contributed by atoms with Crippen LogP contribution >= 0.6 is 11.3 Å². The number of carboxylic acid groups (broad SMARTS) is 1. The monoisotopic (exact) mass is 207 g/mol. The van der Waals surface area contributed by atoms with Crippen LogP contribution in [0.4, 0.5) is 0 Å². The number of hydrogen-bond acceptors (Lipinski definition) is 4. The molecule has 0 spiro atoms. The number of carbonyl (C=O) groups excluding carboxylic acids is 1. The molecule has 0 aliphatic carbocycles. The van der Waals surface area contributed by atoms with Gasteiger partial charge in [-0.1, -0.05) is 6.07 Å². The topological polar surface area (TPSA) is 60.4 Å². The van der Waals surface area contributed by atoms with Crippen molar-refractivity contribution in [3.05, 3.63) is 35.2 Å². The minimum atomic E-state index is -1.54. The van der Waals surface area contributed by atoms with Gasteiger partial charge < -0.3 is 15.0 Å². The highest BCUT2D eigenvalue weighted by Crippen LogP contribution is 2.24. The van der Waals surface area contributed by atoms with E-state index in [2.05, 4.69) is 0 Å². The van der Waals surface area contributed by atoms with Gasteiger partial charge in [-0.15, -0.1) is 11.3 Å². The van der Waals surface area contributed by atoms with Gasteiger partial charge in [-0.2, -0.15) is 0 Å². The van der Waals surface area contributed by atoms with Crippen molar-refractivity contribution in [2.24, 2.45) is 0 Å². The van der Waals surface area contributed by atoms with Crippen molar-refractivity contribution in [3.63, 3.8) is 0 Å². The van der Waals surface area contributed by atoms with Crippen molar-refractivity contribution >= 4 is 27.4 Å². The molecule has 0 aliphatic heterocycles. The highest BCUT2D eigenvalue weighted by molar-refractivity contribution is 7.17. The summed E-state index contributed by atoms with van der Waals surface area (Å²) in [4.78, 5) is 10.4. The Morgan fingerprint density at radius 1 is 1.43 bits per heavy atom. The lowest BCUT2D eigenvalue weighted by Crippen LogP contribution is -2.29. The zero-order valence-corrected chi connectivity index (χ0v) is 7.95. The fourth-order valence-corrected chi connectivity index (χ4v) is 2.06. The lowest BCUT2D eigenvalue weighted by molar-refractivity contribution is -0.315. The molecule has 3 nitrogen and oxygen atoms in total. The minimum absolute atomic E-state index is 0.357. The van der Waals surface area contributed by atoms with Crippen LogP contribution in [0.2, 0.25) is 0 Å². The van der Waals surface area contributed by atoms with E-state index >= 15 is 0 Å². The van der Waals surface area contributed by atoms with Gasteiger partial charge in [-0.3, -0.25) is 0 Å². The van der Waals surface area contributed by atoms with Gasteiger partial charge in [0.15, 0.2) is 0 Å². The van der Waals surface area contributed by atoms with Gasteiger partial charge in [0.25, 0.3) is 0 Å². The first-order valence-electron chi connectivity index (χ1n) is 4.04. The number of aliphatic hydroxyl groups excluding tert-OH is 1. The second-order valence-corrected chi connectivity index (χ2v) is 3.89. The maximum Gasteiger partial charge on any atom is 0.118 e. The normalized spacial score (nSPS) is 12.9. The van der Waals surface area contributed by atoms with Crippen LogP contribution in [0.3, 0.4) is 0 Å². The predicted octanol–water partition coefficient (Wildman–Crippen LogP) is 0.685. The number of fused-ring (bicyclic) bond motifs is 1. The van der Waals surface area contributed by atoms with Crippen molar-refractivity contribution in [1.29, 1.82) is 0 Å². The Kier molecular flexibility index (Phi) is 2.23. The highest BCUT2D eigenvalue weighted by atomic mass is 32.1. The van der Waals surface area contributed by atoms with Crippen LogP contribution in [0.5, 0.6) is 0 Å². The van der Waals surface area contributed by atoms with Gasteiger partial charge in [-0.25, -0.2) is 0 Å². The van der Waals surface area contributed by atoms with Crippen LogP contribution < -0.4 is 5.11 Å². The van der Waals surface area contributed by atoms with Crippen molar-refractivity contribution in [1.82, 2.24) is 0 Å². The predicted molar refractivity (Wildman–Crippen MR) is 51.8 cm³/mol. The van der Waals surface area contributed by atoms with Crippen LogP contribution in [0.25, 0.3) is 10.1 Å². The molecule has 0 aliphatic rings. The average molecular weight is 207 g/mol. The number of carbonyl (C=O) groups is 1. The standard InChI is InChI=1S/C10H8O3S/c11-9(10(12)13)7-1-2-8-6(5-7)3-4-14-8/h1-5,9,11H,(H,12,13)/p-1. The quantitative estimate of drug-likeness (QED) is 0.788. The zero-order chi connectivity index (χ0) is 10.1. The molecule has 2 rings (SSSR count). The first-order chi connectivity index (χ1) is 6.68. The molecule has 4 heteroatoms. The van der Waals surface area contributed by atoms with Gasteiger partial charge in [0.1, 0.15) is 6.10 Å². The fourth-order valence-electron chi connectivity index (χ4n) is 1.29. The molecule has 14 heavy (non-hydrogen) atoms. The Bertz CT molecular complexity index is 475. The van der Waals surface area contributed by atoms with Crippen molar-refractivity contribution in [2.45, 2.75) is 6.10 Å². The summed E-state index contributed by atoms with van der Waals surface area (Å²) in [6.07, 6.45) is -1.54. The molecule has 2 aromatic rings. The molecule has 1 aromatic heterocycles. The summed E-state index contributed by atoms with van der Waals surface area (Å²) in [6.45, 7) is 0. The van der Waals surface area contributed by atoms with Gasteiger partial charge in [0, 0.05) is 4.70 Å². The third-order valence-corrected chi connectivity index (χ3v) is 2.91. The lowest BCUT2D eigenvalue weighted by Gasteiger charge is -2.11. The van der Waals surface area contributed by atoms with E-state index in [4.69, 9.17) is 0 Å². The van der Waals surface area contributed by atoms with Gasteiger partial charge in [-0.05, 0) is 34.5 Å². The molecule has 1 atom stereocenters. The summed E-state index contributed by atoms with van der Waals surface area (Å²) in [5.41, 5.74) is 0.357. The Hall–Kier alpha value is -1.39. The SMILES string of the molecule is O=C([O-])C(O)c1ccc2sccc2c1. The number of aliphatic hydroxyl groups is 1. The first kappa shape index (κ1) is 9.18. The number of aliphatic carboxylic acids is 1. The molecule has 0 saturated heterocycles. The van der Waals surface area contributed by atoms with Gasteiger partial charge in [0.05, 0.1) is 5.97 Å². The van der Waals surface area contributed by atoms with Crippen molar-refractivity contribution in [3.8, 4) is 0 Å². The Morgan fingerprint density at radius 2 is 2.21 bits per heavy atom. The Balaban J connectivity index is 2.48. The number of carboxylic acids is 1. The maximum atomic E-state index is 10.4. The van der Waals surface area contributed by atoms with E-state index in [0.29, 0.717) is 5.56 Å². The van der Waals surface area contributed by atoms with Gasteiger partial charge in [0.2, 0.25) is 0 Å². The van der Waals surface area contributed by atoms with Crippen molar-refractivity contribution in [2.75, 3.05) is 0 Å². The van der Waals surface area contributed by atoms with Crippen LogP contribution in [0.1, 0.15) is 11.7 Å². The number of thiophene rings is 1. The zero-order valence-electron chi connectivity index (χ0n) is 7.14. The second-order valence-electron chi connectivity index (χ2n) is 2.94. The summed E-state index contributed by atoms with van der Waals surface area (Å²) in [7, 11) is 0. The van der Waals surface area contributed by atoms with Crippen molar-refractivity contribution < 1.29 is 15.0 Å². The van der Waals surface area contributed by atoms with Gasteiger partial charge >= 0.3 is 0 Å². The molecule has 1 N–H and O–H groups in total. The summed E-state index contributed by atoms with van der Waals surface area (Å²) in [6, 6.07) is 6.93. The largest absolute Gasteiger partial charge is 0.547 e. The van der Waals surface area contributed by atoms with Crippen LogP contribution in [0.15, 0.2) is 29.6 Å². The molecular weight excluding hydrogens is 200 g/mol. The molecule has 0 amide bonds. The Morgan fingerprint density at radius 3 is 2.93 bits per heavy atom. The fraction of sp³-hybridized carbons (Fsp3) is 0.100. The van der Waals surface area contributed by atoms with E-state index in [-0.39, 0.29) is 0 Å². The molecule has 1 heterocycles. The Labute approximate surface area is 84.2 Å². The van der Waals surface area contributed by atoms with Crippen LogP contribution in [0, 0.1) is 0 Å². The minimum Gasteiger partial charge on any atom is -0.547 e. The molecule has 0 bridgehead atoms. The molecule has 0 radical (unpaired) electrons. The number of rotatable bonds is 2. The molecule has 1 unspecified atom stereocenters. The van der Waals surface area contributed by atoms with E-state index in [9.17, 15) is 15.0 Å². The number of benzene rings is 1. The molecule has 1 aromatic carbocycles. The van der Waals surface area contributed by atoms with E-state index in [0.717, 1.165) is 10.1 Å². The first-order valence-corrected chi connectivity index (χ1v) is 4.92. The highest BCUT2D eigenvalue weighted by Gasteiger charge is 2.08.